The molecular formula is C22H26F4N6O3. The van der Waals surface area contributed by atoms with Crippen molar-refractivity contribution in [2.75, 3.05) is 18.4 Å². The number of benzene rings is 1. The summed E-state index contributed by atoms with van der Waals surface area (Å²) >= 11 is 0. The molecule has 2 aromatic rings. The second-order valence-corrected chi connectivity index (χ2v) is 8.67. The van der Waals surface area contributed by atoms with Gasteiger partial charge in [0.15, 0.2) is 0 Å². The molecule has 13 heteroatoms. The molecule has 35 heavy (non-hydrogen) atoms. The first kappa shape index (κ1) is 24.6. The SMILES string of the molecule is Cn1cc(NC(=O)N2CCC[C@@H](N(C(=O)NCc3ccc(OC(F)(F)F)cc3F)C3CC3)C2)cn1. The Morgan fingerprint density at radius 2 is 2.00 bits per heavy atom. The molecule has 2 fully saturated rings. The van der Waals surface area contributed by atoms with Crippen molar-refractivity contribution in [3.8, 4) is 5.75 Å². The van der Waals surface area contributed by atoms with E-state index in [1.807, 2.05) is 0 Å². The van der Waals surface area contributed by atoms with Crippen LogP contribution in [0, 0.1) is 5.82 Å². The quantitative estimate of drug-likeness (QED) is 0.593. The van der Waals surface area contributed by atoms with Crippen LogP contribution in [-0.4, -0.2) is 63.2 Å². The first-order chi connectivity index (χ1) is 16.6. The molecule has 1 aromatic heterocycles. The zero-order valence-corrected chi connectivity index (χ0v) is 19.0. The molecule has 1 saturated heterocycles. The topological polar surface area (TPSA) is 91.7 Å². The molecular weight excluding hydrogens is 472 g/mol. The van der Waals surface area contributed by atoms with Crippen LogP contribution in [0.25, 0.3) is 0 Å². The summed E-state index contributed by atoms with van der Waals surface area (Å²) in [5.74, 6) is -1.59. The van der Waals surface area contributed by atoms with E-state index in [4.69, 9.17) is 0 Å². The minimum atomic E-state index is -4.92. The van der Waals surface area contributed by atoms with Gasteiger partial charge in [0.2, 0.25) is 0 Å². The van der Waals surface area contributed by atoms with Crippen molar-refractivity contribution < 1.29 is 31.9 Å². The van der Waals surface area contributed by atoms with E-state index >= 15 is 0 Å². The maximum Gasteiger partial charge on any atom is 0.573 e. The Hall–Kier alpha value is -3.51. The Kier molecular flexibility index (Phi) is 7.03. The standard InChI is InChI=1S/C22H26F4N6O3/c1-30-12-15(11-28-30)29-21(34)31-8-2-3-17(13-31)32(16-5-6-16)20(33)27-10-14-4-7-18(9-19(14)23)35-22(24,25)26/h4,7,9,11-12,16-17H,2-3,5-6,8,10,13H2,1H3,(H,27,33)(H,29,34)/t17-/m1/s1. The fourth-order valence-electron chi connectivity index (χ4n) is 4.17. The van der Waals surface area contributed by atoms with Crippen molar-refractivity contribution in [3.05, 3.63) is 42.0 Å². The van der Waals surface area contributed by atoms with Gasteiger partial charge in [-0.15, -0.1) is 13.2 Å². The summed E-state index contributed by atoms with van der Waals surface area (Å²) in [5.41, 5.74) is 0.606. The number of carbonyl (C=O) groups excluding carboxylic acids is 2. The number of hydrogen-bond acceptors (Lipinski definition) is 4. The third-order valence-corrected chi connectivity index (χ3v) is 5.90. The number of amides is 4. The van der Waals surface area contributed by atoms with Crippen LogP contribution in [-0.2, 0) is 13.6 Å². The lowest BCUT2D eigenvalue weighted by molar-refractivity contribution is -0.274. The lowest BCUT2D eigenvalue weighted by atomic mass is 10.0. The normalized spacial score (nSPS) is 18.2. The molecule has 0 unspecified atom stereocenters. The van der Waals surface area contributed by atoms with Gasteiger partial charge in [0.25, 0.3) is 0 Å². The Morgan fingerprint density at radius 1 is 1.23 bits per heavy atom. The number of carbonyl (C=O) groups is 2. The Bertz CT molecular complexity index is 1070. The maximum atomic E-state index is 14.3. The fourth-order valence-corrected chi connectivity index (χ4v) is 4.17. The van der Waals surface area contributed by atoms with Crippen molar-refractivity contribution in [2.24, 2.45) is 7.05 Å². The van der Waals surface area contributed by atoms with Crippen LogP contribution in [0.15, 0.2) is 30.6 Å². The highest BCUT2D eigenvalue weighted by Crippen LogP contribution is 2.32. The van der Waals surface area contributed by atoms with Crippen LogP contribution in [0.2, 0.25) is 0 Å². The van der Waals surface area contributed by atoms with Gasteiger partial charge in [-0.1, -0.05) is 6.07 Å². The van der Waals surface area contributed by atoms with Crippen LogP contribution in [0.4, 0.5) is 32.8 Å². The number of piperidine rings is 1. The van der Waals surface area contributed by atoms with Gasteiger partial charge < -0.3 is 25.2 Å². The number of alkyl halides is 3. The second kappa shape index (κ2) is 10.0. The Balaban J connectivity index is 1.36. The highest BCUT2D eigenvalue weighted by Gasteiger charge is 2.40. The first-order valence-electron chi connectivity index (χ1n) is 11.2. The monoisotopic (exact) mass is 498 g/mol. The molecule has 2 aliphatic rings. The van der Waals surface area contributed by atoms with E-state index in [9.17, 15) is 27.2 Å². The largest absolute Gasteiger partial charge is 0.573 e. The average Bonchev–Trinajstić information content (AvgIpc) is 3.53. The minimum absolute atomic E-state index is 0.0322. The molecule has 1 atom stereocenters. The Morgan fingerprint density at radius 3 is 2.63 bits per heavy atom. The molecule has 190 valence electrons. The number of hydrogen-bond donors (Lipinski definition) is 2. The molecule has 1 aliphatic heterocycles. The van der Waals surface area contributed by atoms with E-state index in [1.165, 1.54) is 0 Å². The minimum Gasteiger partial charge on any atom is -0.406 e. The summed E-state index contributed by atoms with van der Waals surface area (Å²) in [4.78, 5) is 29.1. The van der Waals surface area contributed by atoms with Crippen molar-refractivity contribution >= 4 is 17.7 Å². The molecule has 4 rings (SSSR count). The van der Waals surface area contributed by atoms with E-state index < -0.39 is 24.0 Å². The molecule has 0 radical (unpaired) electrons. The zero-order valence-electron chi connectivity index (χ0n) is 19.0. The van der Waals surface area contributed by atoms with Gasteiger partial charge in [-0.05, 0) is 31.7 Å². The van der Waals surface area contributed by atoms with Gasteiger partial charge in [-0.25, -0.2) is 14.0 Å². The molecule has 4 amide bonds. The van der Waals surface area contributed by atoms with Crippen LogP contribution >= 0.6 is 0 Å². The van der Waals surface area contributed by atoms with E-state index in [1.54, 1.807) is 33.9 Å². The van der Waals surface area contributed by atoms with Crippen molar-refractivity contribution in [1.29, 1.82) is 0 Å². The van der Waals surface area contributed by atoms with Crippen LogP contribution in [0.1, 0.15) is 31.2 Å². The maximum absolute atomic E-state index is 14.3. The molecule has 0 spiro atoms. The summed E-state index contributed by atoms with van der Waals surface area (Å²) in [6.45, 7) is 0.715. The number of nitrogens with zero attached hydrogens (tertiary/aromatic N) is 4. The molecule has 1 aromatic carbocycles. The van der Waals surface area contributed by atoms with Crippen molar-refractivity contribution in [1.82, 2.24) is 24.9 Å². The fraction of sp³-hybridized carbons (Fsp3) is 0.500. The molecule has 2 heterocycles. The number of aryl methyl sites for hydroxylation is 1. The summed E-state index contributed by atoms with van der Waals surface area (Å²) in [7, 11) is 1.75. The lowest BCUT2D eigenvalue weighted by Crippen LogP contribution is -2.55. The third kappa shape index (κ3) is 6.55. The highest BCUT2D eigenvalue weighted by molar-refractivity contribution is 5.89. The summed E-state index contributed by atoms with van der Waals surface area (Å²) in [6.07, 6.45) is 1.42. The molecule has 0 bridgehead atoms. The number of halogens is 4. The number of nitrogens with one attached hydrogen (secondary N) is 2. The Labute approximate surface area is 199 Å². The lowest BCUT2D eigenvalue weighted by Gasteiger charge is -2.39. The summed E-state index contributed by atoms with van der Waals surface area (Å²) < 4.78 is 56.5. The molecule has 1 saturated carbocycles. The number of urea groups is 2. The predicted octanol–water partition coefficient (Wildman–Crippen LogP) is 3.83. The van der Waals surface area contributed by atoms with E-state index in [-0.39, 0.29) is 30.2 Å². The van der Waals surface area contributed by atoms with Gasteiger partial charge in [0, 0.05) is 50.6 Å². The van der Waals surface area contributed by atoms with Crippen LogP contribution < -0.4 is 15.4 Å². The second-order valence-electron chi connectivity index (χ2n) is 8.67. The zero-order chi connectivity index (χ0) is 25.2. The van der Waals surface area contributed by atoms with Crippen LogP contribution in [0.5, 0.6) is 5.75 Å². The number of ether oxygens (including phenoxy) is 1. The predicted molar refractivity (Wildman–Crippen MR) is 117 cm³/mol. The number of rotatable bonds is 6. The van der Waals surface area contributed by atoms with Gasteiger partial charge in [0.1, 0.15) is 11.6 Å². The van der Waals surface area contributed by atoms with E-state index in [2.05, 4.69) is 20.5 Å². The number of anilines is 1. The third-order valence-electron chi connectivity index (χ3n) is 5.90. The number of aromatic nitrogens is 2. The highest BCUT2D eigenvalue weighted by atomic mass is 19.4. The van der Waals surface area contributed by atoms with Gasteiger partial charge in [-0.2, -0.15) is 5.10 Å². The molecule has 1 aliphatic carbocycles. The van der Waals surface area contributed by atoms with E-state index in [0.29, 0.717) is 24.8 Å². The molecule has 2 N–H and O–H groups in total. The number of likely N-dealkylation sites (tertiary alicyclic amines) is 1. The smallest absolute Gasteiger partial charge is 0.406 e. The average molecular weight is 498 g/mol. The van der Waals surface area contributed by atoms with Crippen LogP contribution in [0.3, 0.4) is 0 Å². The summed E-state index contributed by atoms with van der Waals surface area (Å²) in [6, 6.07) is 1.93. The summed E-state index contributed by atoms with van der Waals surface area (Å²) in [5, 5.41) is 9.49. The van der Waals surface area contributed by atoms with Gasteiger partial charge in [0.05, 0.1) is 17.9 Å². The van der Waals surface area contributed by atoms with Gasteiger partial charge in [-0.3, -0.25) is 4.68 Å². The van der Waals surface area contributed by atoms with Gasteiger partial charge >= 0.3 is 18.4 Å². The molecule has 9 nitrogen and oxygen atoms in total. The first-order valence-corrected chi connectivity index (χ1v) is 11.2. The van der Waals surface area contributed by atoms with Crippen molar-refractivity contribution in [3.63, 3.8) is 0 Å². The van der Waals surface area contributed by atoms with Crippen molar-refractivity contribution in [2.45, 2.75) is 50.7 Å². The van der Waals surface area contributed by atoms with E-state index in [0.717, 1.165) is 37.8 Å².